The number of hydrogen-bond donors (Lipinski definition) is 1. The van der Waals surface area contributed by atoms with E-state index < -0.39 is 0 Å². The number of nitrogens with zero attached hydrogens (tertiary/aromatic N) is 1. The van der Waals surface area contributed by atoms with Crippen molar-refractivity contribution in [2.75, 3.05) is 6.54 Å². The summed E-state index contributed by atoms with van der Waals surface area (Å²) in [6.07, 6.45) is 11.3. The van der Waals surface area contributed by atoms with Crippen LogP contribution in [0.25, 0.3) is 0 Å². The molecule has 3 heteroatoms. The van der Waals surface area contributed by atoms with Crippen molar-refractivity contribution in [3.8, 4) is 5.75 Å². The van der Waals surface area contributed by atoms with Crippen molar-refractivity contribution in [3.05, 3.63) is 29.3 Å². The predicted molar refractivity (Wildman–Crippen MR) is 97.2 cm³/mol. The van der Waals surface area contributed by atoms with Gasteiger partial charge in [0.25, 0.3) is 0 Å². The summed E-state index contributed by atoms with van der Waals surface area (Å²) < 4.78 is 0. The fraction of sp³-hybridized carbons (Fsp3) is 0.682. The number of benzene rings is 1. The Labute approximate surface area is 150 Å². The molecular weight excluding hydrogens is 310 g/mol. The fourth-order valence-corrected chi connectivity index (χ4v) is 6.12. The van der Waals surface area contributed by atoms with E-state index in [0.29, 0.717) is 17.6 Å². The molecule has 134 valence electrons. The quantitative estimate of drug-likeness (QED) is 0.825. The number of fused-ring (bicyclic) bond motifs is 3. The van der Waals surface area contributed by atoms with Crippen molar-refractivity contribution in [1.29, 1.82) is 0 Å². The van der Waals surface area contributed by atoms with Crippen LogP contribution >= 0.6 is 0 Å². The first-order valence-electron chi connectivity index (χ1n) is 10.3. The van der Waals surface area contributed by atoms with Crippen molar-refractivity contribution in [3.63, 3.8) is 0 Å². The lowest BCUT2D eigenvalue weighted by Gasteiger charge is -2.44. The van der Waals surface area contributed by atoms with Gasteiger partial charge in [-0.1, -0.05) is 38.2 Å². The lowest BCUT2D eigenvalue weighted by molar-refractivity contribution is -0.142. The molecule has 0 saturated heterocycles. The van der Waals surface area contributed by atoms with E-state index in [0.717, 1.165) is 38.3 Å². The Hall–Kier alpha value is -1.51. The summed E-state index contributed by atoms with van der Waals surface area (Å²) in [6.45, 7) is 1.61. The first-order valence-corrected chi connectivity index (χ1v) is 10.3. The van der Waals surface area contributed by atoms with Crippen molar-refractivity contribution >= 4 is 5.91 Å². The van der Waals surface area contributed by atoms with Gasteiger partial charge in [0.15, 0.2) is 0 Å². The summed E-state index contributed by atoms with van der Waals surface area (Å²) in [5.74, 6) is 2.52. The van der Waals surface area contributed by atoms with Crippen LogP contribution in [0.5, 0.6) is 5.75 Å². The van der Waals surface area contributed by atoms with Gasteiger partial charge in [-0.3, -0.25) is 4.79 Å². The van der Waals surface area contributed by atoms with E-state index in [1.165, 1.54) is 49.7 Å². The zero-order valence-electron chi connectivity index (χ0n) is 15.0. The second kappa shape index (κ2) is 5.75. The number of phenolic OH excluding ortho intramolecular Hbond substituents is 1. The van der Waals surface area contributed by atoms with Gasteiger partial charge >= 0.3 is 0 Å². The molecule has 3 atom stereocenters. The Morgan fingerprint density at radius 2 is 1.88 bits per heavy atom. The maximum Gasteiger partial charge on any atom is 0.226 e. The number of rotatable bonds is 1. The molecule has 3 aliphatic carbocycles. The number of phenols is 1. The van der Waals surface area contributed by atoms with Crippen LogP contribution in [0.1, 0.15) is 68.9 Å². The van der Waals surface area contributed by atoms with E-state index in [1.54, 1.807) is 6.07 Å². The smallest absolute Gasteiger partial charge is 0.226 e. The standard InChI is InChI=1S/C22H29NO2/c24-17-9-8-16-13-23(14-22(10-11-22)20(16)12-17)21(25)19-7-3-5-15-4-1-2-6-18(15)19/h8-9,12,15,18-19,24H,1-7,10-11,13-14H2. The highest BCUT2D eigenvalue weighted by Crippen LogP contribution is 2.54. The normalized spacial score (nSPS) is 32.8. The Balaban J connectivity index is 1.40. The highest BCUT2D eigenvalue weighted by atomic mass is 16.3. The molecule has 3 unspecified atom stereocenters. The van der Waals surface area contributed by atoms with Crippen molar-refractivity contribution < 1.29 is 9.90 Å². The van der Waals surface area contributed by atoms with Crippen LogP contribution in [0.2, 0.25) is 0 Å². The minimum Gasteiger partial charge on any atom is -0.508 e. The summed E-state index contributed by atoms with van der Waals surface area (Å²) in [5.41, 5.74) is 2.70. The van der Waals surface area contributed by atoms with Crippen molar-refractivity contribution in [1.82, 2.24) is 4.90 Å². The lowest BCUT2D eigenvalue weighted by atomic mass is 9.65. The molecule has 1 N–H and O–H groups in total. The van der Waals surface area contributed by atoms with E-state index in [-0.39, 0.29) is 11.3 Å². The number of carbonyl (C=O) groups excluding carboxylic acids is 1. The number of aromatic hydroxyl groups is 1. The van der Waals surface area contributed by atoms with Gasteiger partial charge in [-0.25, -0.2) is 0 Å². The lowest BCUT2D eigenvalue weighted by Crippen LogP contribution is -2.48. The van der Waals surface area contributed by atoms with Gasteiger partial charge in [0.1, 0.15) is 5.75 Å². The second-order valence-electron chi connectivity index (χ2n) is 9.06. The molecule has 3 saturated carbocycles. The van der Waals surface area contributed by atoms with Crippen molar-refractivity contribution in [2.45, 2.75) is 69.7 Å². The molecule has 5 rings (SSSR count). The van der Waals surface area contributed by atoms with Gasteiger partial charge < -0.3 is 10.0 Å². The van der Waals surface area contributed by atoms with E-state index >= 15 is 0 Å². The van der Waals surface area contributed by atoms with Gasteiger partial charge in [0, 0.05) is 24.4 Å². The Morgan fingerprint density at radius 1 is 1.08 bits per heavy atom. The number of hydrogen-bond acceptors (Lipinski definition) is 2. The number of amides is 1. The Morgan fingerprint density at radius 3 is 2.72 bits per heavy atom. The molecule has 1 amide bonds. The highest BCUT2D eigenvalue weighted by molar-refractivity contribution is 5.80. The summed E-state index contributed by atoms with van der Waals surface area (Å²) in [4.78, 5) is 15.7. The highest BCUT2D eigenvalue weighted by Gasteiger charge is 2.51. The van der Waals surface area contributed by atoms with Gasteiger partial charge in [0.05, 0.1) is 0 Å². The maximum atomic E-state index is 13.5. The SMILES string of the molecule is O=C(C1CCCC2CCCCC21)N1Cc2ccc(O)cc2C2(CC2)C1. The minimum atomic E-state index is 0.141. The Bertz CT molecular complexity index is 691. The molecule has 0 bridgehead atoms. The zero-order chi connectivity index (χ0) is 17.0. The third-order valence-electron chi connectivity index (χ3n) is 7.58. The topological polar surface area (TPSA) is 40.5 Å². The first-order chi connectivity index (χ1) is 12.2. The van der Waals surface area contributed by atoms with Gasteiger partial charge in [-0.05, 0) is 60.8 Å². The van der Waals surface area contributed by atoms with Crippen LogP contribution in [-0.4, -0.2) is 22.5 Å². The van der Waals surface area contributed by atoms with Gasteiger partial charge in [0.2, 0.25) is 5.91 Å². The molecule has 1 aliphatic heterocycles. The third kappa shape index (κ3) is 2.58. The molecule has 1 aromatic carbocycles. The van der Waals surface area contributed by atoms with E-state index in [1.807, 2.05) is 12.1 Å². The number of carbonyl (C=O) groups is 1. The van der Waals surface area contributed by atoms with Crippen LogP contribution < -0.4 is 0 Å². The van der Waals surface area contributed by atoms with Gasteiger partial charge in [-0.15, -0.1) is 0 Å². The Kier molecular flexibility index (Phi) is 3.62. The molecule has 25 heavy (non-hydrogen) atoms. The monoisotopic (exact) mass is 339 g/mol. The third-order valence-corrected chi connectivity index (χ3v) is 7.58. The van der Waals surface area contributed by atoms with Gasteiger partial charge in [-0.2, -0.15) is 0 Å². The molecule has 3 fully saturated rings. The summed E-state index contributed by atoms with van der Waals surface area (Å²) in [6, 6.07) is 5.76. The fourth-order valence-electron chi connectivity index (χ4n) is 6.12. The molecule has 0 radical (unpaired) electrons. The second-order valence-corrected chi connectivity index (χ2v) is 9.06. The van der Waals surface area contributed by atoms with Crippen molar-refractivity contribution in [2.24, 2.45) is 17.8 Å². The average Bonchev–Trinajstić information content (AvgIpc) is 3.41. The largest absolute Gasteiger partial charge is 0.508 e. The van der Waals surface area contributed by atoms with E-state index in [2.05, 4.69) is 4.90 Å². The van der Waals surface area contributed by atoms with Crippen LogP contribution in [0, 0.1) is 17.8 Å². The summed E-state index contributed by atoms with van der Waals surface area (Å²) in [5, 5.41) is 9.88. The molecule has 4 aliphatic rings. The molecular formula is C22H29NO2. The maximum absolute atomic E-state index is 13.5. The average molecular weight is 339 g/mol. The molecule has 1 spiro atoms. The van der Waals surface area contributed by atoms with Crippen LogP contribution in [0.3, 0.4) is 0 Å². The van der Waals surface area contributed by atoms with Crippen LogP contribution in [0.15, 0.2) is 18.2 Å². The summed E-state index contributed by atoms with van der Waals surface area (Å²) >= 11 is 0. The molecule has 1 heterocycles. The zero-order valence-corrected chi connectivity index (χ0v) is 15.0. The van der Waals surface area contributed by atoms with E-state index in [9.17, 15) is 9.90 Å². The first kappa shape index (κ1) is 15.7. The molecule has 0 aromatic heterocycles. The molecule has 1 aromatic rings. The van der Waals surface area contributed by atoms with E-state index in [4.69, 9.17) is 0 Å². The van der Waals surface area contributed by atoms with Crippen LogP contribution in [0.4, 0.5) is 0 Å². The minimum absolute atomic E-state index is 0.141. The summed E-state index contributed by atoms with van der Waals surface area (Å²) in [7, 11) is 0. The predicted octanol–water partition coefficient (Wildman–Crippen LogP) is 4.37. The molecule has 3 nitrogen and oxygen atoms in total. The van der Waals surface area contributed by atoms with Crippen LogP contribution in [-0.2, 0) is 16.8 Å².